The molecule has 9 heteroatoms. The standard InChI is InChI=1S/C31H34N4O4S/c1-23-21-30(28-13-6-7-14-29(28)32-23)33-26-11-8-12-27(22-26)39-20-19-35-17-15-31(16-18-35,25-9-4-3-5-10-25)40(37,38)34-24(2)36/h3-14,21-22H,15-20H2,1-2H3,(H,32,33)(H,34,36). The van der Waals surface area contributed by atoms with E-state index in [1.807, 2.05) is 85.8 Å². The van der Waals surface area contributed by atoms with Crippen molar-refractivity contribution < 1.29 is 17.9 Å². The van der Waals surface area contributed by atoms with Crippen LogP contribution in [0.15, 0.2) is 84.9 Å². The first-order valence-electron chi connectivity index (χ1n) is 13.4. The average molecular weight is 559 g/mol. The Morgan fingerprint density at radius 3 is 2.45 bits per heavy atom. The molecule has 0 saturated carbocycles. The largest absolute Gasteiger partial charge is 0.492 e. The molecule has 2 heterocycles. The Morgan fingerprint density at radius 2 is 1.70 bits per heavy atom. The Morgan fingerprint density at radius 1 is 0.975 bits per heavy atom. The first kappa shape index (κ1) is 27.6. The van der Waals surface area contributed by atoms with E-state index in [-0.39, 0.29) is 0 Å². The fraction of sp³-hybridized carbons (Fsp3) is 0.290. The van der Waals surface area contributed by atoms with E-state index in [1.165, 1.54) is 6.92 Å². The monoisotopic (exact) mass is 558 g/mol. The average Bonchev–Trinajstić information content (AvgIpc) is 2.93. The molecule has 0 bridgehead atoms. The van der Waals surface area contributed by atoms with Gasteiger partial charge in [0.2, 0.25) is 15.9 Å². The van der Waals surface area contributed by atoms with Gasteiger partial charge in [0.15, 0.2) is 0 Å². The fourth-order valence-electron chi connectivity index (χ4n) is 5.40. The molecular weight excluding hydrogens is 524 g/mol. The van der Waals surface area contributed by atoms with Crippen LogP contribution in [-0.4, -0.2) is 50.5 Å². The van der Waals surface area contributed by atoms with Crippen LogP contribution in [0, 0.1) is 6.92 Å². The van der Waals surface area contributed by atoms with Gasteiger partial charge in [0.05, 0.1) is 5.52 Å². The van der Waals surface area contributed by atoms with E-state index in [2.05, 4.69) is 26.0 Å². The third-order valence-electron chi connectivity index (χ3n) is 7.39. The quantitative estimate of drug-likeness (QED) is 0.294. The maximum Gasteiger partial charge on any atom is 0.244 e. The molecule has 2 N–H and O–H groups in total. The highest BCUT2D eigenvalue weighted by Gasteiger charge is 2.47. The summed E-state index contributed by atoms with van der Waals surface area (Å²) in [5.74, 6) is 0.180. The van der Waals surface area contributed by atoms with Gasteiger partial charge in [0.25, 0.3) is 0 Å². The molecule has 1 aromatic heterocycles. The van der Waals surface area contributed by atoms with Crippen molar-refractivity contribution >= 4 is 38.2 Å². The van der Waals surface area contributed by atoms with Gasteiger partial charge in [-0.25, -0.2) is 8.42 Å². The molecule has 208 valence electrons. The van der Waals surface area contributed by atoms with E-state index in [4.69, 9.17) is 4.74 Å². The number of pyridine rings is 1. The highest BCUT2D eigenvalue weighted by atomic mass is 32.2. The Balaban J connectivity index is 1.21. The normalized spacial score (nSPS) is 15.4. The number of carbonyl (C=O) groups excluding carboxylic acids is 1. The number of hydrogen-bond donors (Lipinski definition) is 2. The number of likely N-dealkylation sites (tertiary alicyclic amines) is 1. The van der Waals surface area contributed by atoms with Gasteiger partial charge in [0.1, 0.15) is 17.1 Å². The van der Waals surface area contributed by atoms with E-state index in [0.29, 0.717) is 44.6 Å². The first-order valence-corrected chi connectivity index (χ1v) is 14.9. The van der Waals surface area contributed by atoms with Gasteiger partial charge < -0.3 is 10.1 Å². The van der Waals surface area contributed by atoms with Gasteiger partial charge in [-0.2, -0.15) is 0 Å². The van der Waals surface area contributed by atoms with Gasteiger partial charge in [-0.1, -0.05) is 54.6 Å². The number of hydrogen-bond acceptors (Lipinski definition) is 7. The van der Waals surface area contributed by atoms with Crippen molar-refractivity contribution in [3.63, 3.8) is 0 Å². The number of sulfonamides is 1. The maximum absolute atomic E-state index is 13.3. The summed E-state index contributed by atoms with van der Waals surface area (Å²) in [6.45, 7) is 5.50. The highest BCUT2D eigenvalue weighted by molar-refractivity contribution is 7.91. The predicted octanol–water partition coefficient (Wildman–Crippen LogP) is 5.12. The molecule has 1 aliphatic rings. The number of rotatable bonds is 9. The molecule has 4 aromatic rings. The number of piperidine rings is 1. The van der Waals surface area contributed by atoms with Crippen LogP contribution in [0.5, 0.6) is 5.75 Å². The fourth-order valence-corrected chi connectivity index (χ4v) is 7.14. The van der Waals surface area contributed by atoms with E-state index in [9.17, 15) is 13.2 Å². The molecule has 40 heavy (non-hydrogen) atoms. The zero-order chi connectivity index (χ0) is 28.2. The second-order valence-electron chi connectivity index (χ2n) is 10.2. The summed E-state index contributed by atoms with van der Waals surface area (Å²) in [5, 5.41) is 4.56. The van der Waals surface area contributed by atoms with E-state index in [1.54, 1.807) is 0 Å². The number of carbonyl (C=O) groups is 1. The Labute approximate surface area is 235 Å². The number of amides is 1. The first-order chi connectivity index (χ1) is 19.3. The second kappa shape index (κ2) is 11.7. The summed E-state index contributed by atoms with van der Waals surface area (Å²) in [6, 6.07) is 27.1. The summed E-state index contributed by atoms with van der Waals surface area (Å²) in [5.41, 5.74) is 4.50. The number of aryl methyl sites for hydroxylation is 1. The lowest BCUT2D eigenvalue weighted by molar-refractivity contribution is -0.117. The van der Waals surface area contributed by atoms with Crippen LogP contribution in [0.2, 0.25) is 0 Å². The smallest absolute Gasteiger partial charge is 0.244 e. The lowest BCUT2D eigenvalue weighted by atomic mass is 9.88. The van der Waals surface area contributed by atoms with Gasteiger partial charge >= 0.3 is 0 Å². The molecule has 0 atom stereocenters. The molecule has 1 amide bonds. The van der Waals surface area contributed by atoms with Crippen LogP contribution >= 0.6 is 0 Å². The van der Waals surface area contributed by atoms with Crippen LogP contribution in [0.1, 0.15) is 31.0 Å². The number of benzene rings is 3. The minimum Gasteiger partial charge on any atom is -0.492 e. The van der Waals surface area contributed by atoms with Crippen molar-refractivity contribution in [1.82, 2.24) is 14.6 Å². The summed E-state index contributed by atoms with van der Waals surface area (Å²) in [7, 11) is -3.90. The molecule has 1 saturated heterocycles. The number of aromatic nitrogens is 1. The van der Waals surface area contributed by atoms with Crippen LogP contribution in [0.25, 0.3) is 10.9 Å². The molecule has 8 nitrogen and oxygen atoms in total. The van der Waals surface area contributed by atoms with Crippen LogP contribution < -0.4 is 14.8 Å². The molecule has 0 unspecified atom stereocenters. The van der Waals surface area contributed by atoms with Crippen molar-refractivity contribution in [2.45, 2.75) is 31.4 Å². The zero-order valence-corrected chi connectivity index (χ0v) is 23.6. The van der Waals surface area contributed by atoms with Crippen molar-refractivity contribution in [3.8, 4) is 5.75 Å². The number of ether oxygens (including phenoxy) is 1. The summed E-state index contributed by atoms with van der Waals surface area (Å²) in [4.78, 5) is 18.5. The number of nitrogens with zero attached hydrogens (tertiary/aromatic N) is 2. The third-order valence-corrected chi connectivity index (χ3v) is 9.62. The minimum atomic E-state index is -3.90. The molecule has 0 radical (unpaired) electrons. The number of anilines is 2. The van der Waals surface area contributed by atoms with Crippen molar-refractivity contribution in [2.24, 2.45) is 0 Å². The number of para-hydroxylation sites is 1. The van der Waals surface area contributed by atoms with Gasteiger partial charge in [-0.15, -0.1) is 0 Å². The second-order valence-corrected chi connectivity index (χ2v) is 12.2. The van der Waals surface area contributed by atoms with Gasteiger partial charge in [-0.3, -0.25) is 19.4 Å². The Bertz CT molecular complexity index is 1600. The SMILES string of the molecule is CC(=O)NS(=O)(=O)C1(c2ccccc2)CCN(CCOc2cccc(Nc3cc(C)nc4ccccc34)c2)CC1. The molecule has 0 spiro atoms. The molecular formula is C31H34N4O4S. The van der Waals surface area contributed by atoms with Crippen molar-refractivity contribution in [3.05, 3.63) is 96.2 Å². The molecule has 3 aromatic carbocycles. The molecule has 1 fully saturated rings. The Kier molecular flexibility index (Phi) is 8.04. The third kappa shape index (κ3) is 5.95. The van der Waals surface area contributed by atoms with Crippen molar-refractivity contribution in [1.29, 1.82) is 0 Å². The van der Waals surface area contributed by atoms with E-state index in [0.717, 1.165) is 33.7 Å². The number of fused-ring (bicyclic) bond motifs is 1. The van der Waals surface area contributed by atoms with Gasteiger partial charge in [0, 0.05) is 55.1 Å². The van der Waals surface area contributed by atoms with Gasteiger partial charge in [-0.05, 0) is 49.6 Å². The Hall–Kier alpha value is -3.95. The zero-order valence-electron chi connectivity index (χ0n) is 22.8. The summed E-state index contributed by atoms with van der Waals surface area (Å²) < 4.78 is 33.8. The molecule has 0 aliphatic carbocycles. The van der Waals surface area contributed by atoms with Crippen LogP contribution in [0.4, 0.5) is 11.4 Å². The van der Waals surface area contributed by atoms with Crippen LogP contribution in [-0.2, 0) is 19.6 Å². The molecule has 1 aliphatic heterocycles. The van der Waals surface area contributed by atoms with Crippen LogP contribution in [0.3, 0.4) is 0 Å². The lowest BCUT2D eigenvalue weighted by Crippen LogP contribution is -2.52. The van der Waals surface area contributed by atoms with Crippen molar-refractivity contribution in [2.75, 3.05) is 31.6 Å². The maximum atomic E-state index is 13.3. The van der Waals surface area contributed by atoms with E-state index < -0.39 is 20.7 Å². The minimum absolute atomic E-state index is 0.387. The summed E-state index contributed by atoms with van der Waals surface area (Å²) in [6.07, 6.45) is 0.774. The van der Waals surface area contributed by atoms with E-state index >= 15 is 0 Å². The molecule has 5 rings (SSSR count). The lowest BCUT2D eigenvalue weighted by Gasteiger charge is -2.41. The topological polar surface area (TPSA) is 101 Å². The number of nitrogens with one attached hydrogen (secondary N) is 2. The predicted molar refractivity (Wildman–Crippen MR) is 158 cm³/mol. The summed E-state index contributed by atoms with van der Waals surface area (Å²) >= 11 is 0. The highest BCUT2D eigenvalue weighted by Crippen LogP contribution is 2.40.